The van der Waals surface area contributed by atoms with Crippen LogP contribution in [0.5, 0.6) is 0 Å². The van der Waals surface area contributed by atoms with Gasteiger partial charge in [0.05, 0.1) is 6.42 Å². The summed E-state index contributed by atoms with van der Waals surface area (Å²) >= 11 is 7.29. The first kappa shape index (κ1) is 21.9. The van der Waals surface area contributed by atoms with Crippen LogP contribution in [0.25, 0.3) is 10.6 Å². The maximum absolute atomic E-state index is 12.9. The van der Waals surface area contributed by atoms with Crippen molar-refractivity contribution in [3.8, 4) is 10.6 Å². The van der Waals surface area contributed by atoms with E-state index in [1.807, 2.05) is 56.3 Å². The van der Waals surface area contributed by atoms with Gasteiger partial charge in [0, 0.05) is 10.6 Å². The molecular weight excluding hydrogens is 420 g/mol. The Morgan fingerprint density at radius 3 is 2.57 bits per heavy atom. The molecule has 0 saturated carbocycles. The van der Waals surface area contributed by atoms with Gasteiger partial charge in [-0.2, -0.15) is 0 Å². The van der Waals surface area contributed by atoms with Gasteiger partial charge >= 0.3 is 0 Å². The highest BCUT2D eigenvalue weighted by molar-refractivity contribution is 7.18. The number of nitrogens with zero attached hydrogens (tertiary/aromatic N) is 2. The summed E-state index contributed by atoms with van der Waals surface area (Å²) in [7, 11) is 0. The standard InChI is InChI=1S/C22H23ClN4O2S/c1-3-14(2)19(24-18(28)12-15-8-5-4-6-9-15)20(29)25-22-27-26-21(30-22)16-10-7-11-17(23)13-16/h4-11,13-14,19H,3,12H2,1-2H3,(H,24,28)(H,25,27,29). The Bertz CT molecular complexity index is 1010. The second kappa shape index (κ2) is 10.3. The molecule has 8 heteroatoms. The van der Waals surface area contributed by atoms with Gasteiger partial charge in [-0.25, -0.2) is 0 Å². The highest BCUT2D eigenvalue weighted by atomic mass is 35.5. The van der Waals surface area contributed by atoms with Crippen LogP contribution in [0.4, 0.5) is 5.13 Å². The minimum Gasteiger partial charge on any atom is -0.344 e. The number of carbonyl (C=O) groups excluding carboxylic acids is 2. The van der Waals surface area contributed by atoms with Gasteiger partial charge in [0.25, 0.3) is 0 Å². The van der Waals surface area contributed by atoms with E-state index in [1.165, 1.54) is 11.3 Å². The lowest BCUT2D eigenvalue weighted by Gasteiger charge is -2.23. The third-order valence-electron chi connectivity index (χ3n) is 4.75. The normalized spacial score (nSPS) is 12.8. The second-order valence-corrected chi connectivity index (χ2v) is 8.42. The summed E-state index contributed by atoms with van der Waals surface area (Å²) in [5.74, 6) is -0.539. The molecule has 0 radical (unpaired) electrons. The number of carbonyl (C=O) groups is 2. The van der Waals surface area contributed by atoms with Gasteiger partial charge in [0.15, 0.2) is 0 Å². The average molecular weight is 443 g/mol. The van der Waals surface area contributed by atoms with Crippen molar-refractivity contribution in [2.45, 2.75) is 32.7 Å². The maximum atomic E-state index is 12.9. The summed E-state index contributed by atoms with van der Waals surface area (Å²) in [5, 5.41) is 15.5. The van der Waals surface area contributed by atoms with E-state index in [9.17, 15) is 9.59 Å². The highest BCUT2D eigenvalue weighted by Gasteiger charge is 2.27. The minimum absolute atomic E-state index is 0.0370. The predicted molar refractivity (Wildman–Crippen MR) is 121 cm³/mol. The minimum atomic E-state index is -0.662. The Balaban J connectivity index is 1.67. The monoisotopic (exact) mass is 442 g/mol. The molecule has 3 aromatic rings. The third-order valence-corrected chi connectivity index (χ3v) is 5.87. The third kappa shape index (κ3) is 5.87. The predicted octanol–water partition coefficient (Wildman–Crippen LogP) is 4.57. The molecule has 2 atom stereocenters. The molecule has 0 spiro atoms. The summed E-state index contributed by atoms with van der Waals surface area (Å²) < 4.78 is 0. The lowest BCUT2D eigenvalue weighted by Crippen LogP contribution is -2.48. The number of amides is 2. The van der Waals surface area contributed by atoms with Crippen molar-refractivity contribution in [2.75, 3.05) is 5.32 Å². The fourth-order valence-corrected chi connectivity index (χ4v) is 3.84. The van der Waals surface area contributed by atoms with E-state index in [4.69, 9.17) is 11.6 Å². The van der Waals surface area contributed by atoms with Crippen LogP contribution in [0.2, 0.25) is 5.02 Å². The van der Waals surface area contributed by atoms with Crippen LogP contribution in [0.1, 0.15) is 25.8 Å². The molecule has 6 nitrogen and oxygen atoms in total. The maximum Gasteiger partial charge on any atom is 0.249 e. The van der Waals surface area contributed by atoms with Crippen LogP contribution >= 0.6 is 22.9 Å². The van der Waals surface area contributed by atoms with Crippen LogP contribution in [-0.2, 0) is 16.0 Å². The molecule has 30 heavy (non-hydrogen) atoms. The Labute approximate surface area is 184 Å². The number of aromatic nitrogens is 2. The second-order valence-electron chi connectivity index (χ2n) is 7.01. The number of hydrogen-bond donors (Lipinski definition) is 2. The topological polar surface area (TPSA) is 84.0 Å². The van der Waals surface area contributed by atoms with Crippen LogP contribution in [0.3, 0.4) is 0 Å². The molecule has 0 bridgehead atoms. The Morgan fingerprint density at radius 2 is 1.87 bits per heavy atom. The van der Waals surface area contributed by atoms with Crippen molar-refractivity contribution in [1.82, 2.24) is 15.5 Å². The molecule has 2 aromatic carbocycles. The molecule has 2 amide bonds. The summed E-state index contributed by atoms with van der Waals surface area (Å²) in [5.41, 5.74) is 1.73. The molecule has 0 aliphatic rings. The Kier molecular flexibility index (Phi) is 7.54. The van der Waals surface area contributed by atoms with Gasteiger partial charge in [-0.05, 0) is 23.6 Å². The van der Waals surface area contributed by atoms with Crippen LogP contribution in [0.15, 0.2) is 54.6 Å². The lowest BCUT2D eigenvalue weighted by molar-refractivity contribution is -0.127. The van der Waals surface area contributed by atoms with Crippen molar-refractivity contribution in [2.24, 2.45) is 5.92 Å². The molecule has 0 saturated heterocycles. The number of rotatable bonds is 8. The quantitative estimate of drug-likeness (QED) is 0.535. The van der Waals surface area contributed by atoms with Crippen molar-refractivity contribution in [3.05, 3.63) is 65.2 Å². The van der Waals surface area contributed by atoms with Gasteiger partial charge in [-0.15, -0.1) is 10.2 Å². The van der Waals surface area contributed by atoms with E-state index >= 15 is 0 Å². The van der Waals surface area contributed by atoms with Crippen molar-refractivity contribution in [1.29, 1.82) is 0 Å². The summed E-state index contributed by atoms with van der Waals surface area (Å²) in [4.78, 5) is 25.4. The van der Waals surface area contributed by atoms with Crippen molar-refractivity contribution >= 4 is 39.9 Å². The summed E-state index contributed by atoms with van der Waals surface area (Å²) in [6.07, 6.45) is 0.965. The lowest BCUT2D eigenvalue weighted by atomic mass is 9.98. The number of benzene rings is 2. The summed E-state index contributed by atoms with van der Waals surface area (Å²) in [6, 6.07) is 16.1. The van der Waals surface area contributed by atoms with Gasteiger partial charge in [0.1, 0.15) is 11.0 Å². The zero-order chi connectivity index (χ0) is 21.5. The zero-order valence-electron chi connectivity index (χ0n) is 16.8. The SMILES string of the molecule is CCC(C)C(NC(=O)Cc1ccccc1)C(=O)Nc1nnc(-c2cccc(Cl)c2)s1. The first-order chi connectivity index (χ1) is 14.5. The number of nitrogens with one attached hydrogen (secondary N) is 2. The van der Waals surface area contributed by atoms with Gasteiger partial charge in [-0.3, -0.25) is 14.9 Å². The number of hydrogen-bond acceptors (Lipinski definition) is 5. The van der Waals surface area contributed by atoms with Gasteiger partial charge in [0.2, 0.25) is 16.9 Å². The van der Waals surface area contributed by atoms with E-state index < -0.39 is 6.04 Å². The molecule has 156 valence electrons. The van der Waals surface area contributed by atoms with Crippen molar-refractivity contribution in [3.63, 3.8) is 0 Å². The molecule has 3 rings (SSSR count). The first-order valence-corrected chi connectivity index (χ1v) is 10.9. The van der Waals surface area contributed by atoms with Crippen LogP contribution in [-0.4, -0.2) is 28.1 Å². The molecule has 1 heterocycles. The van der Waals surface area contributed by atoms with E-state index in [-0.39, 0.29) is 24.2 Å². The number of halogens is 1. The largest absolute Gasteiger partial charge is 0.344 e. The molecule has 2 N–H and O–H groups in total. The molecule has 0 fully saturated rings. The summed E-state index contributed by atoms with van der Waals surface area (Å²) in [6.45, 7) is 3.92. The van der Waals surface area contributed by atoms with Crippen molar-refractivity contribution < 1.29 is 9.59 Å². The molecule has 0 aliphatic heterocycles. The fourth-order valence-electron chi connectivity index (χ4n) is 2.90. The van der Waals surface area contributed by atoms with Crippen LogP contribution < -0.4 is 10.6 Å². The fraction of sp³-hybridized carbons (Fsp3) is 0.273. The highest BCUT2D eigenvalue weighted by Crippen LogP contribution is 2.28. The Hall–Kier alpha value is -2.77. The molecule has 2 unspecified atom stereocenters. The van der Waals surface area contributed by atoms with Crippen LogP contribution in [0, 0.1) is 5.92 Å². The van der Waals surface area contributed by atoms with E-state index in [0.29, 0.717) is 15.2 Å². The zero-order valence-corrected chi connectivity index (χ0v) is 18.3. The van der Waals surface area contributed by atoms with Gasteiger partial charge < -0.3 is 5.32 Å². The molecule has 0 aliphatic carbocycles. The van der Waals surface area contributed by atoms with E-state index in [0.717, 1.165) is 17.5 Å². The average Bonchev–Trinajstić information content (AvgIpc) is 3.20. The van der Waals surface area contributed by atoms with E-state index in [1.54, 1.807) is 12.1 Å². The number of anilines is 1. The Morgan fingerprint density at radius 1 is 1.10 bits per heavy atom. The molecular formula is C22H23ClN4O2S. The van der Waals surface area contributed by atoms with Gasteiger partial charge in [-0.1, -0.05) is 85.7 Å². The smallest absolute Gasteiger partial charge is 0.249 e. The molecule has 1 aromatic heterocycles. The first-order valence-electron chi connectivity index (χ1n) is 9.70. The van der Waals surface area contributed by atoms with E-state index in [2.05, 4.69) is 20.8 Å².